The first-order chi connectivity index (χ1) is 5.13. The molecule has 1 aromatic carbocycles. The van der Waals surface area contributed by atoms with Crippen LogP contribution in [0.15, 0.2) is 35.2 Å². The molecule has 3 heteroatoms. The van der Waals surface area contributed by atoms with E-state index < -0.39 is 5.97 Å². The second kappa shape index (κ2) is 5.80. The highest BCUT2D eigenvalue weighted by atomic mass is 32.1. The molecule has 0 heterocycles. The molecule has 0 aromatic heterocycles. The number of thiol groups is 1. The molecule has 0 amide bonds. The lowest BCUT2D eigenvalue weighted by Crippen LogP contribution is -1.78. The summed E-state index contributed by atoms with van der Waals surface area (Å²) in [6, 6.07) is 9.79. The maximum atomic E-state index is 9.00. The molecule has 11 heavy (non-hydrogen) atoms. The van der Waals surface area contributed by atoms with E-state index >= 15 is 0 Å². The molecule has 0 aliphatic heterocycles. The van der Waals surface area contributed by atoms with Gasteiger partial charge in [0.05, 0.1) is 0 Å². The van der Waals surface area contributed by atoms with Gasteiger partial charge in [0.2, 0.25) is 0 Å². The van der Waals surface area contributed by atoms with Gasteiger partial charge in [-0.2, -0.15) is 0 Å². The summed E-state index contributed by atoms with van der Waals surface area (Å²) < 4.78 is 0. The number of carboxylic acid groups (broad SMARTS) is 1. The second-order valence-electron chi connectivity index (χ2n) is 1.85. The third kappa shape index (κ3) is 9.04. The van der Waals surface area contributed by atoms with Crippen molar-refractivity contribution < 1.29 is 9.90 Å². The van der Waals surface area contributed by atoms with E-state index in [0.29, 0.717) is 0 Å². The largest absolute Gasteiger partial charge is 0.481 e. The summed E-state index contributed by atoms with van der Waals surface area (Å²) in [5.41, 5.74) is 0. The zero-order valence-electron chi connectivity index (χ0n) is 6.19. The Bertz CT molecular complexity index is 205. The van der Waals surface area contributed by atoms with Crippen molar-refractivity contribution in [3.8, 4) is 0 Å². The normalized spacial score (nSPS) is 7.82. The predicted octanol–water partition coefficient (Wildman–Crippen LogP) is 2.07. The average Bonchev–Trinajstić information content (AvgIpc) is 1.87. The van der Waals surface area contributed by atoms with Gasteiger partial charge >= 0.3 is 0 Å². The van der Waals surface area contributed by atoms with Gasteiger partial charge in [-0.05, 0) is 12.1 Å². The lowest BCUT2D eigenvalue weighted by Gasteiger charge is -1.81. The van der Waals surface area contributed by atoms with Gasteiger partial charge in [-0.15, -0.1) is 12.6 Å². The van der Waals surface area contributed by atoms with Crippen LogP contribution in [0.4, 0.5) is 0 Å². The van der Waals surface area contributed by atoms with Crippen molar-refractivity contribution >= 4 is 18.6 Å². The summed E-state index contributed by atoms with van der Waals surface area (Å²) in [6.07, 6.45) is 0. The smallest absolute Gasteiger partial charge is 0.300 e. The molecule has 0 saturated heterocycles. The summed E-state index contributed by atoms with van der Waals surface area (Å²) in [4.78, 5) is 10.0. The summed E-state index contributed by atoms with van der Waals surface area (Å²) in [6.45, 7) is 1.08. The van der Waals surface area contributed by atoms with Crippen molar-refractivity contribution in [3.63, 3.8) is 0 Å². The van der Waals surface area contributed by atoms with E-state index in [4.69, 9.17) is 9.90 Å². The standard InChI is InChI=1S/C6H6S.C2H4O2/c7-6-4-2-1-3-5-6;1-2(3)4/h1-5,7H;1H3,(H,3,4). The summed E-state index contributed by atoms with van der Waals surface area (Å²) in [5, 5.41) is 7.42. The van der Waals surface area contributed by atoms with Crippen LogP contribution in [0.3, 0.4) is 0 Å². The molecule has 0 bridgehead atoms. The van der Waals surface area contributed by atoms with Crippen LogP contribution in [0.5, 0.6) is 0 Å². The molecule has 0 atom stereocenters. The Morgan fingerprint density at radius 2 is 1.73 bits per heavy atom. The Morgan fingerprint density at radius 3 is 1.91 bits per heavy atom. The quantitative estimate of drug-likeness (QED) is 0.585. The van der Waals surface area contributed by atoms with Crippen molar-refractivity contribution in [2.24, 2.45) is 0 Å². The Kier molecular flexibility index (Phi) is 5.29. The van der Waals surface area contributed by atoms with Crippen molar-refractivity contribution in [2.45, 2.75) is 11.8 Å². The first-order valence-corrected chi connectivity index (χ1v) is 3.51. The topological polar surface area (TPSA) is 37.3 Å². The van der Waals surface area contributed by atoms with E-state index in [1.165, 1.54) is 0 Å². The highest BCUT2D eigenvalue weighted by Crippen LogP contribution is 2.00. The molecule has 2 nitrogen and oxygen atoms in total. The van der Waals surface area contributed by atoms with Gasteiger partial charge in [0.15, 0.2) is 0 Å². The van der Waals surface area contributed by atoms with Gasteiger partial charge in [-0.1, -0.05) is 18.2 Å². The van der Waals surface area contributed by atoms with Crippen LogP contribution < -0.4 is 0 Å². The molecule has 1 aromatic rings. The van der Waals surface area contributed by atoms with Crippen LogP contribution in [0, 0.1) is 0 Å². The molecule has 0 aliphatic rings. The number of rotatable bonds is 0. The first kappa shape index (κ1) is 10.0. The van der Waals surface area contributed by atoms with Gasteiger partial charge in [0.1, 0.15) is 0 Å². The van der Waals surface area contributed by atoms with Crippen LogP contribution in [0.25, 0.3) is 0 Å². The predicted molar refractivity (Wildman–Crippen MR) is 47.0 cm³/mol. The molecular formula is C8H10O2S. The SMILES string of the molecule is CC(=O)O.Sc1ccccc1. The summed E-state index contributed by atoms with van der Waals surface area (Å²) in [5.74, 6) is -0.833. The number of hydrogen-bond donors (Lipinski definition) is 2. The fourth-order valence-corrected chi connectivity index (χ4v) is 0.600. The Labute approximate surface area is 71.3 Å². The molecule has 60 valence electrons. The molecule has 0 unspecified atom stereocenters. The molecule has 0 fully saturated rings. The minimum atomic E-state index is -0.833. The molecule has 0 radical (unpaired) electrons. The van der Waals surface area contributed by atoms with Crippen molar-refractivity contribution in [3.05, 3.63) is 30.3 Å². The first-order valence-electron chi connectivity index (χ1n) is 3.06. The van der Waals surface area contributed by atoms with Gasteiger partial charge in [0.25, 0.3) is 5.97 Å². The Morgan fingerprint density at radius 1 is 1.36 bits per heavy atom. The van der Waals surface area contributed by atoms with Crippen molar-refractivity contribution in [1.82, 2.24) is 0 Å². The monoisotopic (exact) mass is 170 g/mol. The van der Waals surface area contributed by atoms with E-state index in [1.807, 2.05) is 30.3 Å². The lowest BCUT2D eigenvalue weighted by molar-refractivity contribution is -0.134. The highest BCUT2D eigenvalue weighted by molar-refractivity contribution is 7.80. The van der Waals surface area contributed by atoms with Crippen LogP contribution >= 0.6 is 12.6 Å². The van der Waals surface area contributed by atoms with E-state index in [1.54, 1.807) is 0 Å². The summed E-state index contributed by atoms with van der Waals surface area (Å²) in [7, 11) is 0. The molecule has 0 saturated carbocycles. The minimum Gasteiger partial charge on any atom is -0.481 e. The number of carboxylic acids is 1. The average molecular weight is 170 g/mol. The van der Waals surface area contributed by atoms with E-state index in [9.17, 15) is 0 Å². The van der Waals surface area contributed by atoms with Gasteiger partial charge in [-0.25, -0.2) is 0 Å². The number of benzene rings is 1. The van der Waals surface area contributed by atoms with E-state index in [2.05, 4.69) is 12.6 Å². The highest BCUT2D eigenvalue weighted by Gasteiger charge is 1.73. The van der Waals surface area contributed by atoms with Gasteiger partial charge in [0, 0.05) is 11.8 Å². The van der Waals surface area contributed by atoms with Crippen LogP contribution in [0.1, 0.15) is 6.92 Å². The van der Waals surface area contributed by atoms with E-state index in [0.717, 1.165) is 11.8 Å². The molecule has 0 aliphatic carbocycles. The molecule has 1 rings (SSSR count). The third-order valence-corrected chi connectivity index (χ3v) is 1.05. The molecular weight excluding hydrogens is 160 g/mol. The second-order valence-corrected chi connectivity index (χ2v) is 2.37. The van der Waals surface area contributed by atoms with Gasteiger partial charge < -0.3 is 5.11 Å². The molecule has 1 N–H and O–H groups in total. The zero-order chi connectivity index (χ0) is 8.69. The van der Waals surface area contributed by atoms with Crippen molar-refractivity contribution in [1.29, 1.82) is 0 Å². The lowest BCUT2D eigenvalue weighted by atomic mass is 10.4. The Balaban J connectivity index is 0.000000218. The maximum Gasteiger partial charge on any atom is 0.300 e. The fourth-order valence-electron chi connectivity index (χ4n) is 0.428. The number of aliphatic carboxylic acids is 1. The van der Waals surface area contributed by atoms with E-state index in [-0.39, 0.29) is 0 Å². The van der Waals surface area contributed by atoms with Crippen molar-refractivity contribution in [2.75, 3.05) is 0 Å². The van der Waals surface area contributed by atoms with Crippen LogP contribution in [-0.2, 0) is 4.79 Å². The van der Waals surface area contributed by atoms with Crippen LogP contribution in [-0.4, -0.2) is 11.1 Å². The number of carbonyl (C=O) groups is 1. The zero-order valence-corrected chi connectivity index (χ0v) is 7.08. The Hall–Kier alpha value is -0.960. The third-order valence-electron chi connectivity index (χ3n) is 0.756. The fraction of sp³-hybridized carbons (Fsp3) is 0.125. The minimum absolute atomic E-state index is 0.833. The maximum absolute atomic E-state index is 9.00. The number of hydrogen-bond acceptors (Lipinski definition) is 2. The summed E-state index contributed by atoms with van der Waals surface area (Å²) >= 11 is 4.08. The van der Waals surface area contributed by atoms with Gasteiger partial charge in [-0.3, -0.25) is 4.79 Å². The van der Waals surface area contributed by atoms with Crippen LogP contribution in [0.2, 0.25) is 0 Å². The molecule has 0 spiro atoms.